The van der Waals surface area contributed by atoms with Crippen molar-refractivity contribution in [2.24, 2.45) is 7.05 Å². The van der Waals surface area contributed by atoms with Crippen LogP contribution >= 0.6 is 0 Å². The highest BCUT2D eigenvalue weighted by Gasteiger charge is 2.18. The van der Waals surface area contributed by atoms with E-state index in [2.05, 4.69) is 27.3 Å². The van der Waals surface area contributed by atoms with Crippen LogP contribution in [-0.4, -0.2) is 50.8 Å². The summed E-state index contributed by atoms with van der Waals surface area (Å²) in [6.45, 7) is 4.24. The monoisotopic (exact) mass is 286 g/mol. The Morgan fingerprint density at radius 3 is 2.90 bits per heavy atom. The first-order chi connectivity index (χ1) is 10.1. The van der Waals surface area contributed by atoms with Crippen LogP contribution in [0.2, 0.25) is 0 Å². The van der Waals surface area contributed by atoms with E-state index in [-0.39, 0.29) is 0 Å². The van der Waals surface area contributed by atoms with Crippen molar-refractivity contribution in [1.29, 1.82) is 0 Å². The lowest BCUT2D eigenvalue weighted by Crippen LogP contribution is -2.40. The Morgan fingerprint density at radius 1 is 1.33 bits per heavy atom. The van der Waals surface area contributed by atoms with Crippen LogP contribution in [0.4, 0.5) is 5.95 Å². The highest BCUT2D eigenvalue weighted by atomic mass is 15.3. The first kappa shape index (κ1) is 14.0. The van der Waals surface area contributed by atoms with Crippen LogP contribution in [-0.2, 0) is 7.05 Å². The summed E-state index contributed by atoms with van der Waals surface area (Å²) < 4.78 is 1.84. The number of hydrogen-bond donors (Lipinski definition) is 1. The van der Waals surface area contributed by atoms with E-state index in [0.29, 0.717) is 12.0 Å². The molecule has 1 saturated heterocycles. The van der Waals surface area contributed by atoms with E-state index in [0.717, 1.165) is 23.5 Å². The van der Waals surface area contributed by atoms with E-state index < -0.39 is 0 Å². The molecule has 0 amide bonds. The molecule has 112 valence electrons. The van der Waals surface area contributed by atoms with Gasteiger partial charge in [0.05, 0.1) is 11.4 Å². The summed E-state index contributed by atoms with van der Waals surface area (Å²) in [5, 5.41) is 7.69. The highest BCUT2D eigenvalue weighted by molar-refractivity contribution is 5.59. The van der Waals surface area contributed by atoms with Gasteiger partial charge < -0.3 is 10.2 Å². The van der Waals surface area contributed by atoms with E-state index in [9.17, 15) is 0 Å². The molecule has 0 aromatic carbocycles. The van der Waals surface area contributed by atoms with Crippen molar-refractivity contribution in [1.82, 2.24) is 24.6 Å². The molecule has 0 radical (unpaired) electrons. The van der Waals surface area contributed by atoms with Crippen LogP contribution < -0.4 is 5.32 Å². The fourth-order valence-electron chi connectivity index (χ4n) is 2.84. The second-order valence-electron chi connectivity index (χ2n) is 5.81. The van der Waals surface area contributed by atoms with Gasteiger partial charge in [0.1, 0.15) is 0 Å². The average molecular weight is 286 g/mol. The number of likely N-dealkylation sites (tertiary alicyclic amines) is 1. The minimum atomic E-state index is 0.422. The zero-order chi connectivity index (χ0) is 14.8. The molecular formula is C15H22N6. The normalized spacial score (nSPS) is 19.7. The highest BCUT2D eigenvalue weighted by Crippen LogP contribution is 2.21. The maximum absolute atomic E-state index is 4.69. The molecule has 0 saturated carbocycles. The number of rotatable bonds is 3. The third kappa shape index (κ3) is 3.05. The quantitative estimate of drug-likeness (QED) is 0.930. The Morgan fingerprint density at radius 2 is 2.19 bits per heavy atom. The molecular weight excluding hydrogens is 264 g/mol. The molecule has 0 aliphatic carbocycles. The lowest BCUT2D eigenvalue weighted by atomic mass is 10.1. The van der Waals surface area contributed by atoms with Crippen molar-refractivity contribution in [2.75, 3.05) is 25.5 Å². The van der Waals surface area contributed by atoms with Crippen molar-refractivity contribution in [3.63, 3.8) is 0 Å². The number of hydrogen-bond acceptors (Lipinski definition) is 5. The van der Waals surface area contributed by atoms with E-state index in [4.69, 9.17) is 4.98 Å². The number of piperidine rings is 1. The van der Waals surface area contributed by atoms with Gasteiger partial charge in [0, 0.05) is 32.0 Å². The number of anilines is 1. The molecule has 21 heavy (non-hydrogen) atoms. The summed E-state index contributed by atoms with van der Waals surface area (Å²) in [6, 6.07) is 2.40. The fraction of sp³-hybridized carbons (Fsp3) is 0.533. The van der Waals surface area contributed by atoms with Crippen LogP contribution in [0, 0.1) is 6.92 Å². The maximum atomic E-state index is 4.69. The van der Waals surface area contributed by atoms with Crippen molar-refractivity contribution in [3.8, 4) is 11.4 Å². The van der Waals surface area contributed by atoms with Crippen LogP contribution in [0.1, 0.15) is 18.4 Å². The largest absolute Gasteiger partial charge is 0.350 e. The zero-order valence-corrected chi connectivity index (χ0v) is 12.9. The maximum Gasteiger partial charge on any atom is 0.223 e. The number of likely N-dealkylation sites (N-methyl/N-ethyl adjacent to an activating group) is 1. The molecule has 1 atom stereocenters. The van der Waals surface area contributed by atoms with Gasteiger partial charge in [0.25, 0.3) is 0 Å². The Kier molecular flexibility index (Phi) is 3.88. The molecule has 0 bridgehead atoms. The molecule has 1 fully saturated rings. The van der Waals surface area contributed by atoms with Crippen LogP contribution in [0.25, 0.3) is 11.4 Å². The van der Waals surface area contributed by atoms with Gasteiger partial charge in [-0.2, -0.15) is 5.10 Å². The third-order valence-corrected chi connectivity index (χ3v) is 3.99. The summed E-state index contributed by atoms with van der Waals surface area (Å²) in [6.07, 6.45) is 6.06. The van der Waals surface area contributed by atoms with Gasteiger partial charge in [-0.3, -0.25) is 4.68 Å². The standard InChI is InChI=1S/C15H22N6/c1-11-9-16-15(18-12-5-4-8-20(2)10-12)19-14(11)13-6-7-17-21(13)3/h6-7,9,12H,4-5,8,10H2,1-3H3,(H,16,18,19). The molecule has 2 aromatic rings. The Balaban J connectivity index is 1.82. The SMILES string of the molecule is Cc1cnc(NC2CCCN(C)C2)nc1-c1ccnn1C. The van der Waals surface area contributed by atoms with Crippen LogP contribution in [0.15, 0.2) is 18.5 Å². The van der Waals surface area contributed by atoms with Crippen LogP contribution in [0.3, 0.4) is 0 Å². The van der Waals surface area contributed by atoms with Gasteiger partial charge in [0.15, 0.2) is 0 Å². The average Bonchev–Trinajstić information content (AvgIpc) is 2.87. The predicted molar refractivity (Wildman–Crippen MR) is 83.1 cm³/mol. The van der Waals surface area contributed by atoms with E-state index in [1.807, 2.05) is 30.9 Å². The first-order valence-corrected chi connectivity index (χ1v) is 7.40. The molecule has 2 aromatic heterocycles. The summed E-state index contributed by atoms with van der Waals surface area (Å²) in [5.74, 6) is 0.706. The first-order valence-electron chi connectivity index (χ1n) is 7.40. The molecule has 6 heteroatoms. The molecule has 3 heterocycles. The van der Waals surface area contributed by atoms with Gasteiger partial charge in [-0.15, -0.1) is 0 Å². The molecule has 0 spiro atoms. The molecule has 1 aliphatic heterocycles. The van der Waals surface area contributed by atoms with Gasteiger partial charge in [-0.25, -0.2) is 9.97 Å². The summed E-state index contributed by atoms with van der Waals surface area (Å²) in [5.41, 5.74) is 3.01. The number of aromatic nitrogens is 4. The second-order valence-corrected chi connectivity index (χ2v) is 5.81. The van der Waals surface area contributed by atoms with Gasteiger partial charge in [0.2, 0.25) is 5.95 Å². The van der Waals surface area contributed by atoms with Gasteiger partial charge in [-0.05, 0) is 45.0 Å². The lowest BCUT2D eigenvalue weighted by Gasteiger charge is -2.30. The van der Waals surface area contributed by atoms with E-state index in [1.165, 1.54) is 19.4 Å². The summed E-state index contributed by atoms with van der Waals surface area (Å²) in [4.78, 5) is 11.5. The van der Waals surface area contributed by atoms with Crippen LogP contribution in [0.5, 0.6) is 0 Å². The molecule has 3 rings (SSSR count). The topological polar surface area (TPSA) is 58.9 Å². The smallest absolute Gasteiger partial charge is 0.223 e. The number of nitrogens with one attached hydrogen (secondary N) is 1. The Labute approximate surface area is 125 Å². The minimum Gasteiger partial charge on any atom is -0.350 e. The van der Waals surface area contributed by atoms with Gasteiger partial charge in [-0.1, -0.05) is 0 Å². The Hall–Kier alpha value is -1.95. The zero-order valence-electron chi connectivity index (χ0n) is 12.9. The number of aryl methyl sites for hydroxylation is 2. The van der Waals surface area contributed by atoms with E-state index >= 15 is 0 Å². The van der Waals surface area contributed by atoms with Crippen molar-refractivity contribution >= 4 is 5.95 Å². The van der Waals surface area contributed by atoms with E-state index in [1.54, 1.807) is 6.20 Å². The molecule has 6 nitrogen and oxygen atoms in total. The molecule has 1 aliphatic rings. The van der Waals surface area contributed by atoms with Gasteiger partial charge >= 0.3 is 0 Å². The summed E-state index contributed by atoms with van der Waals surface area (Å²) >= 11 is 0. The third-order valence-electron chi connectivity index (χ3n) is 3.99. The predicted octanol–water partition coefficient (Wildman–Crippen LogP) is 1.69. The minimum absolute atomic E-state index is 0.422. The Bertz CT molecular complexity index is 620. The van der Waals surface area contributed by atoms with Crippen molar-refractivity contribution in [2.45, 2.75) is 25.8 Å². The fourth-order valence-corrected chi connectivity index (χ4v) is 2.84. The summed E-state index contributed by atoms with van der Waals surface area (Å²) in [7, 11) is 4.09. The lowest BCUT2D eigenvalue weighted by molar-refractivity contribution is 0.260. The van der Waals surface area contributed by atoms with Crippen molar-refractivity contribution < 1.29 is 0 Å². The second kappa shape index (κ2) is 5.81. The molecule has 1 N–H and O–H groups in total. The number of nitrogens with zero attached hydrogens (tertiary/aromatic N) is 5. The molecule has 1 unspecified atom stereocenters. The van der Waals surface area contributed by atoms with Crippen molar-refractivity contribution in [3.05, 3.63) is 24.0 Å².